The highest BCUT2D eigenvalue weighted by molar-refractivity contribution is 6.99. The lowest BCUT2D eigenvalue weighted by Crippen LogP contribution is -2.67. The van der Waals surface area contributed by atoms with Gasteiger partial charge in [0.05, 0.1) is 18.8 Å². The van der Waals surface area contributed by atoms with Gasteiger partial charge in [-0.2, -0.15) is 13.2 Å². The van der Waals surface area contributed by atoms with Crippen LogP contribution in [0.3, 0.4) is 0 Å². The Morgan fingerprint density at radius 2 is 1.39 bits per heavy atom. The number of benzene rings is 2. The Bertz CT molecular complexity index is 1280. The molecule has 1 aliphatic heterocycles. The lowest BCUT2D eigenvalue weighted by Gasteiger charge is -2.44. The molecular formula is C35H52F3NO5Si2. The third-order valence-corrected chi connectivity index (χ3v) is 18.5. The van der Waals surface area contributed by atoms with Crippen LogP contribution in [-0.4, -0.2) is 65.5 Å². The monoisotopic (exact) mass is 679 g/mol. The normalized spacial score (nSPS) is 20.9. The lowest BCUT2D eigenvalue weighted by molar-refractivity contribution is -0.175. The summed E-state index contributed by atoms with van der Waals surface area (Å²) in [5, 5.41) is 3.92. The third kappa shape index (κ3) is 8.99. The molecule has 0 saturated carbocycles. The van der Waals surface area contributed by atoms with Crippen LogP contribution < -0.4 is 15.7 Å². The van der Waals surface area contributed by atoms with Gasteiger partial charge in [0, 0.05) is 0 Å². The molecule has 0 aliphatic carbocycles. The highest BCUT2D eigenvalue weighted by atomic mass is 28.4. The van der Waals surface area contributed by atoms with Crippen molar-refractivity contribution in [1.29, 1.82) is 0 Å². The van der Waals surface area contributed by atoms with Crippen molar-refractivity contribution in [3.05, 3.63) is 72.8 Å². The zero-order valence-electron chi connectivity index (χ0n) is 29.1. The van der Waals surface area contributed by atoms with Crippen molar-refractivity contribution in [2.45, 2.75) is 122 Å². The minimum Gasteiger partial charge on any atom is -0.414 e. The van der Waals surface area contributed by atoms with Gasteiger partial charge in [-0.15, -0.1) is 0 Å². The number of hydrogen-bond acceptors (Lipinski definition) is 5. The Labute approximate surface area is 275 Å². The van der Waals surface area contributed by atoms with Crippen LogP contribution in [0.1, 0.15) is 62.3 Å². The van der Waals surface area contributed by atoms with Crippen LogP contribution >= 0.6 is 0 Å². The minimum atomic E-state index is -5.08. The summed E-state index contributed by atoms with van der Waals surface area (Å²) >= 11 is 0. The van der Waals surface area contributed by atoms with Crippen molar-refractivity contribution >= 4 is 32.9 Å². The number of carbonyl (C=O) groups excluding carboxylic acids is 1. The van der Waals surface area contributed by atoms with Gasteiger partial charge in [0.25, 0.3) is 8.32 Å². The van der Waals surface area contributed by atoms with E-state index in [4.69, 9.17) is 18.3 Å². The lowest BCUT2D eigenvalue weighted by atomic mass is 10.0. The molecular weight excluding hydrogens is 628 g/mol. The average Bonchev–Trinajstić information content (AvgIpc) is 3.26. The predicted octanol–water partition coefficient (Wildman–Crippen LogP) is 7.10. The van der Waals surface area contributed by atoms with Gasteiger partial charge in [-0.1, -0.05) is 114 Å². The molecule has 4 atom stereocenters. The number of halogens is 3. The summed E-state index contributed by atoms with van der Waals surface area (Å²) in [7, 11) is -5.18. The van der Waals surface area contributed by atoms with E-state index in [0.717, 1.165) is 10.4 Å². The first-order valence-electron chi connectivity index (χ1n) is 15.8. The van der Waals surface area contributed by atoms with Crippen molar-refractivity contribution in [1.82, 2.24) is 5.32 Å². The van der Waals surface area contributed by atoms with Gasteiger partial charge >= 0.3 is 12.1 Å². The van der Waals surface area contributed by atoms with Crippen LogP contribution in [-0.2, 0) is 23.1 Å². The van der Waals surface area contributed by atoms with Crippen molar-refractivity contribution in [3.63, 3.8) is 0 Å². The Kier molecular flexibility index (Phi) is 11.7. The molecule has 2 aromatic rings. The second kappa shape index (κ2) is 14.1. The molecule has 0 aromatic heterocycles. The fourth-order valence-electron chi connectivity index (χ4n) is 5.56. The van der Waals surface area contributed by atoms with E-state index < -0.39 is 58.9 Å². The number of nitrogens with one attached hydrogen (secondary N) is 1. The minimum absolute atomic E-state index is 0.0883. The molecule has 3 rings (SSSR count). The van der Waals surface area contributed by atoms with Gasteiger partial charge in [0.1, 0.15) is 12.2 Å². The Balaban J connectivity index is 2.01. The molecule has 0 radical (unpaired) electrons. The molecule has 46 heavy (non-hydrogen) atoms. The van der Waals surface area contributed by atoms with Gasteiger partial charge in [-0.3, -0.25) is 4.79 Å². The van der Waals surface area contributed by atoms with Gasteiger partial charge < -0.3 is 23.6 Å². The summed E-state index contributed by atoms with van der Waals surface area (Å²) in [5.74, 6) is -3.15. The maximum atomic E-state index is 13.6. The Morgan fingerprint density at radius 1 is 0.891 bits per heavy atom. The summed E-state index contributed by atoms with van der Waals surface area (Å²) < 4.78 is 66.5. The van der Waals surface area contributed by atoms with Crippen LogP contribution in [0.4, 0.5) is 13.2 Å². The van der Waals surface area contributed by atoms with E-state index in [1.54, 1.807) is 26.0 Å². The summed E-state index contributed by atoms with van der Waals surface area (Å²) in [6.45, 7) is 22.4. The molecule has 2 aromatic carbocycles. The quantitative estimate of drug-likeness (QED) is 0.203. The van der Waals surface area contributed by atoms with Gasteiger partial charge in [0.2, 0.25) is 0 Å². The van der Waals surface area contributed by atoms with Gasteiger partial charge in [-0.05, 0) is 54.3 Å². The number of ether oxygens (including phenoxy) is 2. The SMILES string of the molecule is C[C@@H](/C=C/[C@@H](NC(=O)C(F)(F)F)[C@H]1OC(C)(C)O[C@@H]1CO[Si](C)(C)C(C)(C)C)O[Si](c1ccccc1)(c1ccccc1)C(C)(C)C. The zero-order valence-corrected chi connectivity index (χ0v) is 31.1. The Hall–Kier alpha value is -2.29. The molecule has 6 nitrogen and oxygen atoms in total. The summed E-state index contributed by atoms with van der Waals surface area (Å²) in [6.07, 6.45) is -4.02. The van der Waals surface area contributed by atoms with Gasteiger partial charge in [-0.25, -0.2) is 0 Å². The van der Waals surface area contributed by atoms with E-state index in [1.165, 1.54) is 0 Å². The molecule has 1 fully saturated rings. The predicted molar refractivity (Wildman–Crippen MR) is 182 cm³/mol. The molecule has 0 unspecified atom stereocenters. The first kappa shape index (κ1) is 38.2. The molecule has 1 heterocycles. The highest BCUT2D eigenvalue weighted by Gasteiger charge is 2.52. The first-order chi connectivity index (χ1) is 21.0. The number of carbonyl (C=O) groups is 1. The van der Waals surface area contributed by atoms with E-state index in [-0.39, 0.29) is 16.7 Å². The first-order valence-corrected chi connectivity index (χ1v) is 20.7. The summed E-state index contributed by atoms with van der Waals surface area (Å²) in [4.78, 5) is 12.3. The van der Waals surface area contributed by atoms with E-state index in [0.29, 0.717) is 0 Å². The number of amides is 1. The molecule has 256 valence electrons. The molecule has 11 heteroatoms. The van der Waals surface area contributed by atoms with Crippen LogP contribution in [0, 0.1) is 0 Å². The van der Waals surface area contributed by atoms with Crippen LogP contribution in [0.5, 0.6) is 0 Å². The Morgan fingerprint density at radius 3 is 1.83 bits per heavy atom. The number of alkyl halides is 3. The smallest absolute Gasteiger partial charge is 0.414 e. The third-order valence-electron chi connectivity index (χ3n) is 8.91. The van der Waals surface area contributed by atoms with Crippen molar-refractivity contribution in [3.8, 4) is 0 Å². The fourth-order valence-corrected chi connectivity index (χ4v) is 11.2. The van der Waals surface area contributed by atoms with Gasteiger partial charge in [0.15, 0.2) is 14.1 Å². The molecule has 1 saturated heterocycles. The number of hydrogen-bond donors (Lipinski definition) is 1. The fraction of sp³-hybridized carbons (Fsp3) is 0.571. The zero-order chi connectivity index (χ0) is 34.8. The van der Waals surface area contributed by atoms with E-state index in [2.05, 4.69) is 84.2 Å². The molecule has 1 amide bonds. The summed E-state index contributed by atoms with van der Waals surface area (Å²) in [5.41, 5.74) is 0. The van der Waals surface area contributed by atoms with Crippen LogP contribution in [0.15, 0.2) is 72.8 Å². The van der Waals surface area contributed by atoms with Crippen molar-refractivity contribution in [2.75, 3.05) is 6.61 Å². The van der Waals surface area contributed by atoms with E-state index in [1.807, 2.05) is 43.3 Å². The van der Waals surface area contributed by atoms with Crippen LogP contribution in [0.25, 0.3) is 0 Å². The average molecular weight is 680 g/mol. The molecule has 1 aliphatic rings. The molecule has 1 N–H and O–H groups in total. The maximum Gasteiger partial charge on any atom is 0.471 e. The maximum absolute atomic E-state index is 13.6. The standard InChI is InChI=1S/C35H52F3NO5Si2/c1-25(44-46(33(5,6)7,26-18-14-12-15-19-26)27-20-16-13-17-21-27)22-23-28(39-31(40)35(36,37)38)30-29(42-34(8,9)43-30)24-41-45(10,11)32(2,3)4/h12-23,25,28-30H,24H2,1-11H3,(H,39,40)/b23-22+/t25-,28+,29+,30+/m0/s1. The largest absolute Gasteiger partial charge is 0.471 e. The molecule has 0 spiro atoms. The summed E-state index contributed by atoms with van der Waals surface area (Å²) in [6, 6.07) is 19.0. The highest BCUT2D eigenvalue weighted by Crippen LogP contribution is 2.39. The second-order valence-corrected chi connectivity index (χ2v) is 24.1. The van der Waals surface area contributed by atoms with E-state index in [9.17, 15) is 18.0 Å². The molecule has 0 bridgehead atoms. The van der Waals surface area contributed by atoms with Crippen LogP contribution in [0.2, 0.25) is 23.2 Å². The van der Waals surface area contributed by atoms with Crippen molar-refractivity contribution in [2.24, 2.45) is 0 Å². The second-order valence-electron chi connectivity index (χ2n) is 15.1. The van der Waals surface area contributed by atoms with Crippen molar-refractivity contribution < 1.29 is 36.3 Å². The van der Waals surface area contributed by atoms with E-state index >= 15 is 0 Å². The number of rotatable bonds is 11. The topological polar surface area (TPSA) is 66.0 Å².